The van der Waals surface area contributed by atoms with Crippen LogP contribution in [0.25, 0.3) is 0 Å². The van der Waals surface area contributed by atoms with Gasteiger partial charge < -0.3 is 4.74 Å². The van der Waals surface area contributed by atoms with E-state index in [1.54, 1.807) is 6.07 Å². The maximum absolute atomic E-state index is 8.95. The van der Waals surface area contributed by atoms with E-state index in [-0.39, 0.29) is 0 Å². The summed E-state index contributed by atoms with van der Waals surface area (Å²) in [5.41, 5.74) is 2.78. The Bertz CT molecular complexity index is 538. The normalized spacial score (nSPS) is 9.65. The Balaban J connectivity index is 2.08. The van der Waals surface area contributed by atoms with Crippen molar-refractivity contribution < 1.29 is 4.74 Å². The molecule has 2 nitrogen and oxygen atoms in total. The molecule has 0 saturated carbocycles. The number of rotatable bonds is 3. The third-order valence-corrected chi connectivity index (χ3v) is 2.55. The van der Waals surface area contributed by atoms with Gasteiger partial charge in [-0.15, -0.1) is 0 Å². The smallest absolute Gasteiger partial charge is 0.119 e. The first-order valence-corrected chi connectivity index (χ1v) is 5.47. The van der Waals surface area contributed by atoms with Crippen LogP contribution in [0.4, 0.5) is 0 Å². The average molecular weight is 223 g/mol. The van der Waals surface area contributed by atoms with Gasteiger partial charge in [-0.2, -0.15) is 5.26 Å². The number of ether oxygens (including phenoxy) is 1. The molecule has 0 radical (unpaired) electrons. The molecule has 0 aromatic heterocycles. The SMILES string of the molecule is Cc1ccc(OCc2ccccc2C#N)cc1. The van der Waals surface area contributed by atoms with Gasteiger partial charge in [0.15, 0.2) is 0 Å². The molecule has 2 heteroatoms. The van der Waals surface area contributed by atoms with E-state index in [1.165, 1.54) is 5.56 Å². The maximum atomic E-state index is 8.95. The minimum Gasteiger partial charge on any atom is -0.489 e. The molecule has 2 aromatic carbocycles. The molecule has 2 aromatic rings. The summed E-state index contributed by atoms with van der Waals surface area (Å²) in [6, 6.07) is 17.5. The van der Waals surface area contributed by atoms with Crippen LogP contribution in [0.5, 0.6) is 5.75 Å². The van der Waals surface area contributed by atoms with Crippen molar-refractivity contribution in [3.05, 3.63) is 65.2 Å². The number of hydrogen-bond acceptors (Lipinski definition) is 2. The highest BCUT2D eigenvalue weighted by Gasteiger charge is 2.01. The minimum atomic E-state index is 0.423. The van der Waals surface area contributed by atoms with Crippen LogP contribution in [-0.4, -0.2) is 0 Å². The van der Waals surface area contributed by atoms with E-state index in [9.17, 15) is 0 Å². The summed E-state index contributed by atoms with van der Waals surface area (Å²) in [7, 11) is 0. The molecule has 0 N–H and O–H groups in total. The highest BCUT2D eigenvalue weighted by atomic mass is 16.5. The summed E-state index contributed by atoms with van der Waals surface area (Å²) in [4.78, 5) is 0. The zero-order chi connectivity index (χ0) is 12.1. The molecule has 0 spiro atoms. The standard InChI is InChI=1S/C15H13NO/c1-12-6-8-15(9-7-12)17-11-14-5-3-2-4-13(14)10-16/h2-9H,11H2,1H3. The van der Waals surface area contributed by atoms with Gasteiger partial charge in [-0.25, -0.2) is 0 Å². The Morgan fingerprint density at radius 1 is 1.06 bits per heavy atom. The van der Waals surface area contributed by atoms with Crippen molar-refractivity contribution in [1.82, 2.24) is 0 Å². The Labute approximate surface area is 101 Å². The average Bonchev–Trinajstić information content (AvgIpc) is 2.38. The van der Waals surface area contributed by atoms with Crippen molar-refractivity contribution in [2.45, 2.75) is 13.5 Å². The molecule has 84 valence electrons. The van der Waals surface area contributed by atoms with E-state index in [0.717, 1.165) is 11.3 Å². The predicted molar refractivity (Wildman–Crippen MR) is 66.7 cm³/mol. The number of benzene rings is 2. The van der Waals surface area contributed by atoms with E-state index in [0.29, 0.717) is 12.2 Å². The van der Waals surface area contributed by atoms with Gasteiger partial charge in [0.2, 0.25) is 0 Å². The number of nitrogens with zero attached hydrogens (tertiary/aromatic N) is 1. The van der Waals surface area contributed by atoms with Crippen LogP contribution in [-0.2, 0) is 6.61 Å². The summed E-state index contributed by atoms with van der Waals surface area (Å²) in [5.74, 6) is 0.823. The molecule has 0 amide bonds. The fourth-order valence-corrected chi connectivity index (χ4v) is 1.55. The van der Waals surface area contributed by atoms with E-state index < -0.39 is 0 Å². The Hall–Kier alpha value is -2.27. The predicted octanol–water partition coefficient (Wildman–Crippen LogP) is 3.45. The van der Waals surface area contributed by atoms with Crippen LogP contribution in [0.1, 0.15) is 16.7 Å². The summed E-state index contributed by atoms with van der Waals surface area (Å²) in [6.07, 6.45) is 0. The van der Waals surface area contributed by atoms with Crippen LogP contribution in [0.3, 0.4) is 0 Å². The summed E-state index contributed by atoms with van der Waals surface area (Å²) >= 11 is 0. The summed E-state index contributed by atoms with van der Waals surface area (Å²) in [6.45, 7) is 2.46. The van der Waals surface area contributed by atoms with Crippen molar-refractivity contribution in [3.63, 3.8) is 0 Å². The highest BCUT2D eigenvalue weighted by Crippen LogP contribution is 2.15. The molecule has 0 unspecified atom stereocenters. The number of aryl methyl sites for hydroxylation is 1. The molecule has 0 bridgehead atoms. The number of hydrogen-bond donors (Lipinski definition) is 0. The zero-order valence-electron chi connectivity index (χ0n) is 9.68. The fourth-order valence-electron chi connectivity index (χ4n) is 1.55. The number of nitriles is 1. The molecule has 0 saturated heterocycles. The lowest BCUT2D eigenvalue weighted by Crippen LogP contribution is -1.97. The first kappa shape index (κ1) is 11.2. The van der Waals surface area contributed by atoms with E-state index in [1.807, 2.05) is 49.4 Å². The van der Waals surface area contributed by atoms with Crippen LogP contribution < -0.4 is 4.74 Å². The lowest BCUT2D eigenvalue weighted by molar-refractivity contribution is 0.306. The van der Waals surface area contributed by atoms with Crippen molar-refractivity contribution in [2.75, 3.05) is 0 Å². The van der Waals surface area contributed by atoms with Crippen LogP contribution >= 0.6 is 0 Å². The zero-order valence-corrected chi connectivity index (χ0v) is 9.68. The quantitative estimate of drug-likeness (QED) is 0.798. The summed E-state index contributed by atoms with van der Waals surface area (Å²) in [5, 5.41) is 8.95. The third-order valence-electron chi connectivity index (χ3n) is 2.55. The van der Waals surface area contributed by atoms with E-state index >= 15 is 0 Å². The summed E-state index contributed by atoms with van der Waals surface area (Å²) < 4.78 is 5.64. The van der Waals surface area contributed by atoms with Crippen molar-refractivity contribution >= 4 is 0 Å². The molecule has 0 heterocycles. The minimum absolute atomic E-state index is 0.423. The highest BCUT2D eigenvalue weighted by molar-refractivity contribution is 5.37. The van der Waals surface area contributed by atoms with Gasteiger partial charge in [0, 0.05) is 5.56 Å². The lowest BCUT2D eigenvalue weighted by atomic mass is 10.1. The van der Waals surface area contributed by atoms with Gasteiger partial charge in [-0.3, -0.25) is 0 Å². The van der Waals surface area contributed by atoms with Gasteiger partial charge >= 0.3 is 0 Å². The molecular weight excluding hydrogens is 210 g/mol. The lowest BCUT2D eigenvalue weighted by Gasteiger charge is -2.07. The van der Waals surface area contributed by atoms with Gasteiger partial charge in [0.05, 0.1) is 11.6 Å². The molecule has 17 heavy (non-hydrogen) atoms. The van der Waals surface area contributed by atoms with Gasteiger partial charge in [0.1, 0.15) is 12.4 Å². The molecule has 0 atom stereocenters. The Morgan fingerprint density at radius 3 is 2.47 bits per heavy atom. The molecule has 0 aliphatic heterocycles. The molecule has 0 fully saturated rings. The van der Waals surface area contributed by atoms with Gasteiger partial charge in [-0.1, -0.05) is 35.9 Å². The van der Waals surface area contributed by atoms with Crippen LogP contribution in [0, 0.1) is 18.3 Å². The third kappa shape index (κ3) is 2.85. The largest absolute Gasteiger partial charge is 0.489 e. The first-order valence-electron chi connectivity index (χ1n) is 5.47. The molecule has 0 aliphatic rings. The van der Waals surface area contributed by atoms with E-state index in [2.05, 4.69) is 6.07 Å². The second-order valence-electron chi connectivity index (χ2n) is 3.87. The Kier molecular flexibility index (Phi) is 3.42. The second-order valence-corrected chi connectivity index (χ2v) is 3.87. The van der Waals surface area contributed by atoms with Crippen LogP contribution in [0.2, 0.25) is 0 Å². The van der Waals surface area contributed by atoms with Crippen molar-refractivity contribution in [1.29, 1.82) is 5.26 Å². The van der Waals surface area contributed by atoms with Crippen LogP contribution in [0.15, 0.2) is 48.5 Å². The second kappa shape index (κ2) is 5.18. The van der Waals surface area contributed by atoms with E-state index in [4.69, 9.17) is 10.00 Å². The fraction of sp³-hybridized carbons (Fsp3) is 0.133. The van der Waals surface area contributed by atoms with Gasteiger partial charge in [0.25, 0.3) is 0 Å². The molecular formula is C15H13NO. The monoisotopic (exact) mass is 223 g/mol. The molecule has 0 aliphatic carbocycles. The first-order chi connectivity index (χ1) is 8.29. The Morgan fingerprint density at radius 2 is 1.76 bits per heavy atom. The van der Waals surface area contributed by atoms with Crippen molar-refractivity contribution in [3.8, 4) is 11.8 Å². The topological polar surface area (TPSA) is 33.0 Å². The van der Waals surface area contributed by atoms with Crippen molar-refractivity contribution in [2.24, 2.45) is 0 Å². The maximum Gasteiger partial charge on any atom is 0.119 e. The molecule has 2 rings (SSSR count). The van der Waals surface area contributed by atoms with Gasteiger partial charge in [-0.05, 0) is 25.1 Å².